The van der Waals surface area contributed by atoms with Crippen LogP contribution in [0.15, 0.2) is 22.9 Å². The van der Waals surface area contributed by atoms with Crippen molar-refractivity contribution < 1.29 is 9.63 Å². The zero-order valence-corrected chi connectivity index (χ0v) is 9.79. The van der Waals surface area contributed by atoms with Gasteiger partial charge >= 0.3 is 0 Å². The average molecular weight is 234 g/mol. The van der Waals surface area contributed by atoms with E-state index in [0.29, 0.717) is 11.6 Å². The minimum Gasteiger partial charge on any atom is -0.505 e. The van der Waals surface area contributed by atoms with Gasteiger partial charge in [0, 0.05) is 19.3 Å². The van der Waals surface area contributed by atoms with Gasteiger partial charge in [-0.15, -0.1) is 0 Å². The van der Waals surface area contributed by atoms with Gasteiger partial charge in [0.25, 0.3) is 11.8 Å². The van der Waals surface area contributed by atoms with Crippen molar-refractivity contribution in [2.24, 2.45) is 0 Å². The molecule has 0 radical (unpaired) electrons. The average Bonchev–Trinajstić information content (AvgIpc) is 2.81. The summed E-state index contributed by atoms with van der Waals surface area (Å²) in [5.74, 6) is 0.766. The summed E-state index contributed by atoms with van der Waals surface area (Å²) in [5, 5.41) is 13.5. The van der Waals surface area contributed by atoms with Crippen LogP contribution in [0.2, 0.25) is 0 Å². The molecule has 2 heterocycles. The summed E-state index contributed by atoms with van der Waals surface area (Å²) in [6.45, 7) is 5.61. The Kier molecular flexibility index (Phi) is 3.22. The molecule has 0 aliphatic heterocycles. The van der Waals surface area contributed by atoms with Gasteiger partial charge in [0.2, 0.25) is 0 Å². The van der Waals surface area contributed by atoms with Gasteiger partial charge in [-0.1, -0.05) is 0 Å². The van der Waals surface area contributed by atoms with E-state index in [1.807, 2.05) is 18.7 Å². The molecule has 2 rings (SSSR count). The summed E-state index contributed by atoms with van der Waals surface area (Å²) in [5.41, 5.74) is 0.304. The molecule has 0 bridgehead atoms. The molecule has 0 aromatic carbocycles. The fourth-order valence-electron chi connectivity index (χ4n) is 1.51. The molecule has 90 valence electrons. The first-order valence-electron chi connectivity index (χ1n) is 5.49. The molecule has 6 heteroatoms. The molecular formula is C11H14N4O2. The monoisotopic (exact) mass is 234 g/mol. The summed E-state index contributed by atoms with van der Waals surface area (Å²) in [7, 11) is 0. The van der Waals surface area contributed by atoms with Gasteiger partial charge in [-0.25, -0.2) is 4.98 Å². The molecule has 1 N–H and O–H groups in total. The number of anilines is 1. The third-order valence-electron chi connectivity index (χ3n) is 2.45. The van der Waals surface area contributed by atoms with E-state index in [1.165, 1.54) is 6.07 Å². The quantitative estimate of drug-likeness (QED) is 0.867. The van der Waals surface area contributed by atoms with Crippen LogP contribution in [0, 0.1) is 0 Å². The maximum Gasteiger partial charge on any atom is 0.281 e. The van der Waals surface area contributed by atoms with Gasteiger partial charge in [0.15, 0.2) is 5.69 Å². The van der Waals surface area contributed by atoms with Crippen LogP contribution in [-0.4, -0.2) is 33.3 Å². The Morgan fingerprint density at radius 1 is 1.35 bits per heavy atom. The van der Waals surface area contributed by atoms with Gasteiger partial charge in [-0.3, -0.25) is 0 Å². The summed E-state index contributed by atoms with van der Waals surface area (Å²) in [6, 6.07) is 3.17. The van der Waals surface area contributed by atoms with E-state index in [4.69, 9.17) is 4.52 Å². The summed E-state index contributed by atoms with van der Waals surface area (Å²) in [6.07, 6.45) is 1.57. The highest BCUT2D eigenvalue weighted by Crippen LogP contribution is 2.25. The molecule has 17 heavy (non-hydrogen) atoms. The summed E-state index contributed by atoms with van der Waals surface area (Å²) < 4.78 is 5.09. The lowest BCUT2D eigenvalue weighted by Crippen LogP contribution is -2.22. The summed E-state index contributed by atoms with van der Waals surface area (Å²) in [4.78, 5) is 10.2. The largest absolute Gasteiger partial charge is 0.505 e. The first-order valence-corrected chi connectivity index (χ1v) is 5.49. The Morgan fingerprint density at radius 3 is 2.76 bits per heavy atom. The van der Waals surface area contributed by atoms with E-state index < -0.39 is 0 Å². The zero-order chi connectivity index (χ0) is 12.3. The van der Waals surface area contributed by atoms with Gasteiger partial charge in [0.05, 0.1) is 0 Å². The normalized spacial score (nSPS) is 10.5. The molecule has 0 aliphatic rings. The minimum atomic E-state index is 0.0299. The molecule has 0 amide bonds. The van der Waals surface area contributed by atoms with Crippen molar-refractivity contribution in [3.8, 4) is 17.3 Å². The van der Waals surface area contributed by atoms with E-state index in [1.54, 1.807) is 12.3 Å². The molecule has 2 aromatic rings. The Balaban J connectivity index is 2.33. The maximum absolute atomic E-state index is 9.62. The van der Waals surface area contributed by atoms with Crippen LogP contribution in [0.25, 0.3) is 11.6 Å². The zero-order valence-electron chi connectivity index (χ0n) is 9.79. The first kappa shape index (κ1) is 11.4. The van der Waals surface area contributed by atoms with Crippen LogP contribution < -0.4 is 4.90 Å². The number of nitrogens with zero attached hydrogens (tertiary/aromatic N) is 4. The van der Waals surface area contributed by atoms with E-state index in [-0.39, 0.29) is 11.6 Å². The fraction of sp³-hybridized carbons (Fsp3) is 0.364. The van der Waals surface area contributed by atoms with E-state index in [2.05, 4.69) is 15.1 Å². The lowest BCUT2D eigenvalue weighted by Gasteiger charge is -2.14. The van der Waals surface area contributed by atoms with Gasteiger partial charge in [-0.2, -0.15) is 4.98 Å². The molecule has 0 atom stereocenters. The van der Waals surface area contributed by atoms with Crippen LogP contribution in [0.1, 0.15) is 13.8 Å². The van der Waals surface area contributed by atoms with Crippen LogP contribution in [0.4, 0.5) is 5.95 Å². The van der Waals surface area contributed by atoms with Crippen molar-refractivity contribution >= 4 is 5.95 Å². The SMILES string of the molecule is CCN(CC)c1noc(-c2ncccc2O)n1. The second-order valence-electron chi connectivity index (χ2n) is 3.44. The highest BCUT2D eigenvalue weighted by molar-refractivity contribution is 5.57. The predicted molar refractivity (Wildman–Crippen MR) is 62.8 cm³/mol. The molecule has 0 spiro atoms. The topological polar surface area (TPSA) is 75.3 Å². The Morgan fingerprint density at radius 2 is 2.12 bits per heavy atom. The van der Waals surface area contributed by atoms with Gasteiger partial charge in [-0.05, 0) is 31.1 Å². The number of aromatic nitrogens is 3. The Labute approximate surface area is 98.9 Å². The van der Waals surface area contributed by atoms with Crippen LogP contribution in [0.5, 0.6) is 5.75 Å². The molecule has 0 saturated carbocycles. The van der Waals surface area contributed by atoms with Gasteiger partial charge < -0.3 is 14.5 Å². The van der Waals surface area contributed by atoms with Crippen molar-refractivity contribution in [2.75, 3.05) is 18.0 Å². The maximum atomic E-state index is 9.62. The van der Waals surface area contributed by atoms with E-state index >= 15 is 0 Å². The molecule has 2 aromatic heterocycles. The number of hydrogen-bond acceptors (Lipinski definition) is 6. The van der Waals surface area contributed by atoms with Crippen molar-refractivity contribution in [3.05, 3.63) is 18.3 Å². The molecule has 6 nitrogen and oxygen atoms in total. The molecule has 0 unspecified atom stereocenters. The molecule has 0 saturated heterocycles. The van der Waals surface area contributed by atoms with Crippen LogP contribution >= 0.6 is 0 Å². The second kappa shape index (κ2) is 4.82. The fourth-order valence-corrected chi connectivity index (χ4v) is 1.51. The van der Waals surface area contributed by atoms with Crippen molar-refractivity contribution in [1.29, 1.82) is 0 Å². The van der Waals surface area contributed by atoms with Crippen molar-refractivity contribution in [1.82, 2.24) is 15.1 Å². The third kappa shape index (κ3) is 2.20. The number of rotatable bonds is 4. The highest BCUT2D eigenvalue weighted by Gasteiger charge is 2.16. The Hall–Kier alpha value is -2.11. The minimum absolute atomic E-state index is 0.0299. The molecular weight excluding hydrogens is 220 g/mol. The third-order valence-corrected chi connectivity index (χ3v) is 2.45. The lowest BCUT2D eigenvalue weighted by atomic mass is 10.3. The first-order chi connectivity index (χ1) is 8.26. The van der Waals surface area contributed by atoms with Gasteiger partial charge in [0.1, 0.15) is 5.75 Å². The van der Waals surface area contributed by atoms with Crippen molar-refractivity contribution in [2.45, 2.75) is 13.8 Å². The number of hydrogen-bond donors (Lipinski definition) is 1. The van der Waals surface area contributed by atoms with Crippen LogP contribution in [-0.2, 0) is 0 Å². The van der Waals surface area contributed by atoms with Crippen LogP contribution in [0.3, 0.4) is 0 Å². The standard InChI is InChI=1S/C11H14N4O2/c1-3-15(4-2)11-13-10(17-14-11)9-8(16)6-5-7-12-9/h5-7,16H,3-4H2,1-2H3. The summed E-state index contributed by atoms with van der Waals surface area (Å²) >= 11 is 0. The number of pyridine rings is 1. The second-order valence-corrected chi connectivity index (χ2v) is 3.44. The molecule has 0 fully saturated rings. The lowest BCUT2D eigenvalue weighted by molar-refractivity contribution is 0.421. The van der Waals surface area contributed by atoms with E-state index in [0.717, 1.165) is 13.1 Å². The van der Waals surface area contributed by atoms with E-state index in [9.17, 15) is 5.11 Å². The van der Waals surface area contributed by atoms with Crippen molar-refractivity contribution in [3.63, 3.8) is 0 Å². The smallest absolute Gasteiger partial charge is 0.281 e. The molecule has 0 aliphatic carbocycles. The highest BCUT2D eigenvalue weighted by atomic mass is 16.5. The Bertz CT molecular complexity index is 494. The number of aromatic hydroxyl groups is 1. The predicted octanol–water partition coefficient (Wildman–Crippen LogP) is 1.68.